The molecule has 1 heterocycles. The first-order valence-corrected chi connectivity index (χ1v) is 6.02. The van der Waals surface area contributed by atoms with Crippen molar-refractivity contribution < 1.29 is 0 Å². The van der Waals surface area contributed by atoms with Gasteiger partial charge in [0.05, 0.1) is 0 Å². The molecule has 0 fully saturated rings. The van der Waals surface area contributed by atoms with E-state index in [1.54, 1.807) is 0 Å². The van der Waals surface area contributed by atoms with E-state index in [2.05, 4.69) is 47.6 Å². The summed E-state index contributed by atoms with van der Waals surface area (Å²) in [5.41, 5.74) is 4.76. The summed E-state index contributed by atoms with van der Waals surface area (Å²) in [5.74, 6) is 0. The number of hydrogen-bond acceptors (Lipinski definition) is 2. The van der Waals surface area contributed by atoms with E-state index in [1.807, 2.05) is 19.2 Å². The molecule has 2 aromatic rings. The van der Waals surface area contributed by atoms with Gasteiger partial charge in [-0.2, -0.15) is 0 Å². The van der Waals surface area contributed by atoms with Gasteiger partial charge in [0.2, 0.25) is 0 Å². The Bertz CT molecular complexity index is 457. The highest BCUT2D eigenvalue weighted by Gasteiger charge is 1.98. The largest absolute Gasteiger partial charge is 0.313 e. The van der Waals surface area contributed by atoms with Crippen molar-refractivity contribution >= 4 is 0 Å². The summed E-state index contributed by atoms with van der Waals surface area (Å²) in [6.07, 6.45) is 1.93. The minimum absolute atomic E-state index is 0.933. The highest BCUT2D eigenvalue weighted by Crippen LogP contribution is 2.18. The smallest absolute Gasteiger partial charge is 0.0373 e. The van der Waals surface area contributed by atoms with Crippen LogP contribution in [0.15, 0.2) is 42.6 Å². The Balaban J connectivity index is 2.14. The Labute approximate surface area is 103 Å². The van der Waals surface area contributed by atoms with Gasteiger partial charge in [0, 0.05) is 24.0 Å². The van der Waals surface area contributed by atoms with Gasteiger partial charge in [0.25, 0.3) is 0 Å². The van der Waals surface area contributed by atoms with Crippen molar-refractivity contribution in [3.63, 3.8) is 0 Å². The Morgan fingerprint density at radius 3 is 2.29 bits per heavy atom. The van der Waals surface area contributed by atoms with Crippen LogP contribution >= 0.6 is 0 Å². The fraction of sp³-hybridized carbons (Fsp3) is 0.267. The third-order valence-corrected chi connectivity index (χ3v) is 2.78. The molecule has 1 N–H and O–H groups in total. The van der Waals surface area contributed by atoms with Crippen molar-refractivity contribution in [2.24, 2.45) is 0 Å². The normalized spacial score (nSPS) is 10.5. The van der Waals surface area contributed by atoms with Crippen molar-refractivity contribution in [3.05, 3.63) is 53.9 Å². The number of hydrogen-bond donors (Lipinski definition) is 1. The molecule has 0 amide bonds. The van der Waals surface area contributed by atoms with E-state index >= 15 is 0 Å². The lowest BCUT2D eigenvalue weighted by Crippen LogP contribution is -2.11. The predicted molar refractivity (Wildman–Crippen MR) is 71.8 cm³/mol. The van der Waals surface area contributed by atoms with Crippen LogP contribution in [0.4, 0.5) is 0 Å². The molecule has 0 bridgehead atoms. The fourth-order valence-electron chi connectivity index (χ4n) is 1.72. The van der Waals surface area contributed by atoms with Crippen LogP contribution in [-0.2, 0) is 6.54 Å². The number of aromatic nitrogens is 1. The maximum absolute atomic E-state index is 4.32. The average molecular weight is 226 g/mol. The van der Waals surface area contributed by atoms with Gasteiger partial charge in [-0.25, -0.2) is 0 Å². The summed E-state index contributed by atoms with van der Waals surface area (Å²) in [4.78, 5) is 4.32. The van der Waals surface area contributed by atoms with Crippen LogP contribution in [0.2, 0.25) is 0 Å². The second kappa shape index (κ2) is 5.60. The van der Waals surface area contributed by atoms with Crippen LogP contribution in [0.25, 0.3) is 11.1 Å². The first-order chi connectivity index (χ1) is 8.29. The van der Waals surface area contributed by atoms with Gasteiger partial charge in [-0.1, -0.05) is 37.3 Å². The lowest BCUT2D eigenvalue weighted by Gasteiger charge is -2.05. The summed E-state index contributed by atoms with van der Waals surface area (Å²) in [6, 6.07) is 12.8. The maximum atomic E-state index is 4.32. The van der Waals surface area contributed by atoms with Gasteiger partial charge in [-0.15, -0.1) is 0 Å². The lowest BCUT2D eigenvalue weighted by atomic mass is 10.1. The molecule has 0 aliphatic heterocycles. The molecule has 0 unspecified atom stereocenters. The summed E-state index contributed by atoms with van der Waals surface area (Å²) in [6.45, 7) is 6.06. The van der Waals surface area contributed by atoms with Crippen molar-refractivity contribution in [3.8, 4) is 11.1 Å². The Kier molecular flexibility index (Phi) is 3.89. The van der Waals surface area contributed by atoms with E-state index in [4.69, 9.17) is 0 Å². The van der Waals surface area contributed by atoms with Gasteiger partial charge < -0.3 is 5.32 Å². The minimum Gasteiger partial charge on any atom is -0.313 e. The zero-order chi connectivity index (χ0) is 12.1. The van der Waals surface area contributed by atoms with E-state index in [1.165, 1.54) is 16.7 Å². The molecular weight excluding hydrogens is 208 g/mol. The van der Waals surface area contributed by atoms with E-state index in [0.717, 1.165) is 18.8 Å². The van der Waals surface area contributed by atoms with Gasteiger partial charge in [0.1, 0.15) is 0 Å². The molecule has 1 aromatic carbocycles. The molecule has 1 aromatic heterocycles. The Morgan fingerprint density at radius 1 is 1.00 bits per heavy atom. The average Bonchev–Trinajstić information content (AvgIpc) is 2.38. The number of nitrogens with one attached hydrogen (secondary N) is 1. The van der Waals surface area contributed by atoms with E-state index in [-0.39, 0.29) is 0 Å². The molecule has 2 nitrogen and oxygen atoms in total. The molecule has 2 heteroatoms. The first kappa shape index (κ1) is 11.8. The Morgan fingerprint density at radius 2 is 1.71 bits per heavy atom. The highest BCUT2D eigenvalue weighted by molar-refractivity contribution is 5.62. The number of rotatable bonds is 4. The van der Waals surface area contributed by atoms with E-state index in [9.17, 15) is 0 Å². The van der Waals surface area contributed by atoms with Crippen LogP contribution in [0.5, 0.6) is 0 Å². The molecule has 0 aliphatic carbocycles. The highest BCUT2D eigenvalue weighted by atomic mass is 14.8. The lowest BCUT2D eigenvalue weighted by molar-refractivity contribution is 0.727. The number of nitrogens with zero attached hydrogens (tertiary/aromatic N) is 1. The minimum atomic E-state index is 0.933. The molecule has 0 atom stereocenters. The monoisotopic (exact) mass is 226 g/mol. The quantitative estimate of drug-likeness (QED) is 0.866. The van der Waals surface area contributed by atoms with Crippen LogP contribution in [0, 0.1) is 6.92 Å². The van der Waals surface area contributed by atoms with Crippen molar-refractivity contribution in [1.82, 2.24) is 10.3 Å². The van der Waals surface area contributed by atoms with Crippen LogP contribution in [0.3, 0.4) is 0 Å². The second-order valence-electron chi connectivity index (χ2n) is 4.17. The number of benzene rings is 1. The molecule has 17 heavy (non-hydrogen) atoms. The number of aryl methyl sites for hydroxylation is 1. The molecule has 0 aliphatic rings. The SMILES string of the molecule is CCNCc1ccc(-c2ccc(C)nc2)cc1. The van der Waals surface area contributed by atoms with E-state index in [0.29, 0.717) is 0 Å². The predicted octanol–water partition coefficient (Wildman–Crippen LogP) is 3.17. The van der Waals surface area contributed by atoms with Crippen molar-refractivity contribution in [1.29, 1.82) is 0 Å². The molecular formula is C15H18N2. The molecule has 88 valence electrons. The third kappa shape index (κ3) is 3.14. The van der Waals surface area contributed by atoms with Gasteiger partial charge >= 0.3 is 0 Å². The fourth-order valence-corrected chi connectivity index (χ4v) is 1.72. The molecule has 0 saturated carbocycles. The molecule has 0 radical (unpaired) electrons. The van der Waals surface area contributed by atoms with Crippen LogP contribution in [0.1, 0.15) is 18.2 Å². The van der Waals surface area contributed by atoms with Crippen LogP contribution in [-0.4, -0.2) is 11.5 Å². The van der Waals surface area contributed by atoms with Crippen LogP contribution < -0.4 is 5.32 Å². The summed E-state index contributed by atoms with van der Waals surface area (Å²) in [5, 5.41) is 3.32. The molecule has 0 spiro atoms. The zero-order valence-corrected chi connectivity index (χ0v) is 10.4. The Hall–Kier alpha value is -1.67. The molecule has 0 saturated heterocycles. The van der Waals surface area contributed by atoms with Gasteiger partial charge in [0.15, 0.2) is 0 Å². The van der Waals surface area contributed by atoms with Crippen molar-refractivity contribution in [2.45, 2.75) is 20.4 Å². The molecule has 2 rings (SSSR count). The van der Waals surface area contributed by atoms with Crippen molar-refractivity contribution in [2.75, 3.05) is 6.54 Å². The summed E-state index contributed by atoms with van der Waals surface area (Å²) < 4.78 is 0. The zero-order valence-electron chi connectivity index (χ0n) is 10.4. The topological polar surface area (TPSA) is 24.9 Å². The summed E-state index contributed by atoms with van der Waals surface area (Å²) in [7, 11) is 0. The maximum Gasteiger partial charge on any atom is 0.0373 e. The standard InChI is InChI=1S/C15H18N2/c1-3-16-10-13-5-8-14(9-6-13)15-7-4-12(2)17-11-15/h4-9,11,16H,3,10H2,1-2H3. The number of pyridine rings is 1. The van der Waals surface area contributed by atoms with Gasteiger partial charge in [-0.05, 0) is 30.7 Å². The van der Waals surface area contributed by atoms with Gasteiger partial charge in [-0.3, -0.25) is 4.98 Å². The third-order valence-electron chi connectivity index (χ3n) is 2.78. The first-order valence-electron chi connectivity index (χ1n) is 6.02. The second-order valence-corrected chi connectivity index (χ2v) is 4.17. The summed E-state index contributed by atoms with van der Waals surface area (Å²) >= 11 is 0. The van der Waals surface area contributed by atoms with E-state index < -0.39 is 0 Å².